The number of likely N-dealkylation sites (tertiary alicyclic amines) is 1. The summed E-state index contributed by atoms with van der Waals surface area (Å²) >= 11 is 6.10. The number of rotatable bonds is 7. The molecule has 1 aromatic heterocycles. The zero-order chi connectivity index (χ0) is 23.5. The Kier molecular flexibility index (Phi) is 6.66. The van der Waals surface area contributed by atoms with Gasteiger partial charge in [-0.05, 0) is 66.4 Å². The average molecular weight is 492 g/mol. The van der Waals surface area contributed by atoms with E-state index in [0.29, 0.717) is 11.6 Å². The van der Waals surface area contributed by atoms with E-state index in [2.05, 4.69) is 26.7 Å². The molecule has 5 rings (SSSR count). The normalized spacial score (nSPS) is 16.8. The number of nitrogens with zero attached hydrogens (tertiary/aromatic N) is 2. The molecular weight excluding hydrogens is 466 g/mol. The fraction of sp³-hybridized carbons (Fsp3) is 0.222. The summed E-state index contributed by atoms with van der Waals surface area (Å²) in [7, 11) is -3.60. The highest BCUT2D eigenvalue weighted by Crippen LogP contribution is 2.30. The molecule has 0 aliphatic carbocycles. The molecule has 7 heteroatoms. The maximum Gasteiger partial charge on any atom is 0.240 e. The Morgan fingerprint density at radius 3 is 2.59 bits per heavy atom. The second-order valence-electron chi connectivity index (χ2n) is 8.65. The Labute approximate surface area is 205 Å². The number of nitrogens with one attached hydrogen (secondary N) is 1. The molecule has 1 N–H and O–H groups in total. The van der Waals surface area contributed by atoms with Gasteiger partial charge in [-0.2, -0.15) is 0 Å². The highest BCUT2D eigenvalue weighted by Gasteiger charge is 2.26. The quantitative estimate of drug-likeness (QED) is 0.371. The molecule has 1 aliphatic rings. The summed E-state index contributed by atoms with van der Waals surface area (Å²) in [6, 6.07) is 25.1. The van der Waals surface area contributed by atoms with Crippen LogP contribution in [0.25, 0.3) is 22.0 Å². The van der Waals surface area contributed by atoms with Crippen LogP contribution in [-0.2, 0) is 16.6 Å². The molecule has 4 aromatic rings. The molecule has 3 aromatic carbocycles. The maximum atomic E-state index is 13.0. The molecule has 1 atom stereocenters. The smallest absolute Gasteiger partial charge is 0.240 e. The SMILES string of the molecule is O=S(=O)(NCC1CCCN1Cc1ccccc1)c1ccc(-c2ccnc3cc(Cl)ccc23)cc1. The molecule has 34 heavy (non-hydrogen) atoms. The topological polar surface area (TPSA) is 62.3 Å². The van der Waals surface area contributed by atoms with Crippen molar-refractivity contribution in [2.45, 2.75) is 30.3 Å². The van der Waals surface area contributed by atoms with Crippen LogP contribution in [0.1, 0.15) is 18.4 Å². The number of benzene rings is 3. The van der Waals surface area contributed by atoms with Gasteiger partial charge in [0, 0.05) is 35.7 Å². The van der Waals surface area contributed by atoms with Crippen molar-refractivity contribution < 1.29 is 8.42 Å². The first-order valence-electron chi connectivity index (χ1n) is 11.4. The van der Waals surface area contributed by atoms with E-state index in [1.54, 1.807) is 18.3 Å². The summed E-state index contributed by atoms with van der Waals surface area (Å²) in [4.78, 5) is 7.02. The van der Waals surface area contributed by atoms with Crippen LogP contribution in [0.5, 0.6) is 0 Å². The van der Waals surface area contributed by atoms with Crippen LogP contribution in [0, 0.1) is 0 Å². The Balaban J connectivity index is 1.29. The zero-order valence-electron chi connectivity index (χ0n) is 18.7. The molecule has 2 heterocycles. The lowest BCUT2D eigenvalue weighted by atomic mass is 10.0. The molecular formula is C27H26ClN3O2S. The number of hydrogen-bond donors (Lipinski definition) is 1. The van der Waals surface area contributed by atoms with E-state index in [9.17, 15) is 8.42 Å². The predicted molar refractivity (Wildman–Crippen MR) is 137 cm³/mol. The summed E-state index contributed by atoms with van der Waals surface area (Å²) in [5, 5.41) is 1.61. The molecule has 0 radical (unpaired) electrons. The summed E-state index contributed by atoms with van der Waals surface area (Å²) in [6.07, 6.45) is 3.81. The molecule has 1 unspecified atom stereocenters. The number of pyridine rings is 1. The fourth-order valence-corrected chi connectivity index (χ4v) is 5.87. The number of sulfonamides is 1. The zero-order valence-corrected chi connectivity index (χ0v) is 20.3. The van der Waals surface area contributed by atoms with Crippen LogP contribution in [0.3, 0.4) is 0 Å². The average Bonchev–Trinajstić information content (AvgIpc) is 3.30. The van der Waals surface area contributed by atoms with Crippen LogP contribution in [0.2, 0.25) is 5.02 Å². The highest BCUT2D eigenvalue weighted by molar-refractivity contribution is 7.89. The van der Waals surface area contributed by atoms with E-state index >= 15 is 0 Å². The Hall–Kier alpha value is -2.77. The van der Waals surface area contributed by atoms with Gasteiger partial charge in [0.05, 0.1) is 10.4 Å². The lowest BCUT2D eigenvalue weighted by Crippen LogP contribution is -2.39. The second kappa shape index (κ2) is 9.84. The van der Waals surface area contributed by atoms with E-state index in [1.165, 1.54) is 5.56 Å². The molecule has 1 saturated heterocycles. The van der Waals surface area contributed by atoms with Crippen molar-refractivity contribution in [3.05, 3.63) is 95.6 Å². The van der Waals surface area contributed by atoms with Gasteiger partial charge < -0.3 is 0 Å². The van der Waals surface area contributed by atoms with Gasteiger partial charge >= 0.3 is 0 Å². The minimum Gasteiger partial charge on any atom is -0.295 e. The van der Waals surface area contributed by atoms with Gasteiger partial charge in [-0.15, -0.1) is 0 Å². The minimum absolute atomic E-state index is 0.198. The third-order valence-corrected chi connectivity index (χ3v) is 8.09. The fourth-order valence-electron chi connectivity index (χ4n) is 4.63. The summed E-state index contributed by atoms with van der Waals surface area (Å²) in [6.45, 7) is 2.24. The van der Waals surface area contributed by atoms with Crippen LogP contribution in [0.4, 0.5) is 0 Å². The number of fused-ring (bicyclic) bond motifs is 1. The second-order valence-corrected chi connectivity index (χ2v) is 10.9. The van der Waals surface area contributed by atoms with E-state index in [0.717, 1.165) is 48.0 Å². The Morgan fingerprint density at radius 1 is 1.00 bits per heavy atom. The summed E-state index contributed by atoms with van der Waals surface area (Å²) in [5.41, 5.74) is 3.97. The van der Waals surface area contributed by atoms with E-state index in [4.69, 9.17) is 11.6 Å². The third kappa shape index (κ3) is 5.00. The highest BCUT2D eigenvalue weighted by atomic mass is 35.5. The molecule has 0 bridgehead atoms. The van der Waals surface area contributed by atoms with Crippen molar-refractivity contribution in [3.63, 3.8) is 0 Å². The maximum absolute atomic E-state index is 13.0. The van der Waals surface area contributed by atoms with Crippen molar-refractivity contribution in [1.82, 2.24) is 14.6 Å². The summed E-state index contributed by atoms with van der Waals surface area (Å²) < 4.78 is 28.8. The van der Waals surface area contributed by atoms with Gasteiger partial charge in [-0.3, -0.25) is 9.88 Å². The molecule has 1 aliphatic heterocycles. The third-order valence-electron chi connectivity index (χ3n) is 6.42. The first kappa shape index (κ1) is 23.0. The summed E-state index contributed by atoms with van der Waals surface area (Å²) in [5.74, 6) is 0. The number of halogens is 1. The monoisotopic (exact) mass is 491 g/mol. The first-order valence-corrected chi connectivity index (χ1v) is 13.3. The van der Waals surface area contributed by atoms with Gasteiger partial charge in [0.1, 0.15) is 0 Å². The van der Waals surface area contributed by atoms with E-state index in [1.807, 2.05) is 54.6 Å². The first-order chi connectivity index (χ1) is 16.5. The largest absolute Gasteiger partial charge is 0.295 e. The van der Waals surface area contributed by atoms with Gasteiger partial charge in [-0.1, -0.05) is 60.1 Å². The number of hydrogen-bond acceptors (Lipinski definition) is 4. The molecule has 0 amide bonds. The van der Waals surface area contributed by atoms with Crippen LogP contribution >= 0.6 is 11.6 Å². The molecule has 0 spiro atoms. The van der Waals surface area contributed by atoms with Crippen molar-refractivity contribution in [2.24, 2.45) is 0 Å². The molecule has 0 saturated carbocycles. The standard InChI is InChI=1S/C27H26ClN3O2S/c28-22-10-13-26-25(14-15-29-27(26)17-22)21-8-11-24(12-9-21)34(32,33)30-18-23-7-4-16-31(23)19-20-5-2-1-3-6-20/h1-3,5-6,8-15,17,23,30H,4,7,16,18-19H2. The number of aromatic nitrogens is 1. The molecule has 5 nitrogen and oxygen atoms in total. The van der Waals surface area contributed by atoms with Crippen molar-refractivity contribution in [1.29, 1.82) is 0 Å². The molecule has 1 fully saturated rings. The van der Waals surface area contributed by atoms with Gasteiger partial charge in [-0.25, -0.2) is 13.1 Å². The van der Waals surface area contributed by atoms with Crippen molar-refractivity contribution in [2.75, 3.05) is 13.1 Å². The van der Waals surface area contributed by atoms with Gasteiger partial charge in [0.15, 0.2) is 0 Å². The van der Waals surface area contributed by atoms with Gasteiger partial charge in [0.2, 0.25) is 10.0 Å². The van der Waals surface area contributed by atoms with E-state index in [-0.39, 0.29) is 10.9 Å². The lowest BCUT2D eigenvalue weighted by Gasteiger charge is -2.24. The van der Waals surface area contributed by atoms with Crippen LogP contribution in [0.15, 0.2) is 90.0 Å². The minimum atomic E-state index is -3.60. The van der Waals surface area contributed by atoms with Crippen molar-refractivity contribution >= 4 is 32.5 Å². The lowest BCUT2D eigenvalue weighted by molar-refractivity contribution is 0.246. The Bertz CT molecular complexity index is 1390. The van der Waals surface area contributed by atoms with Gasteiger partial charge in [0.25, 0.3) is 0 Å². The predicted octanol–water partition coefficient (Wildman–Crippen LogP) is 5.50. The van der Waals surface area contributed by atoms with Crippen LogP contribution in [-0.4, -0.2) is 37.4 Å². The Morgan fingerprint density at radius 2 is 1.79 bits per heavy atom. The molecule has 174 valence electrons. The van der Waals surface area contributed by atoms with E-state index < -0.39 is 10.0 Å². The van der Waals surface area contributed by atoms with Crippen molar-refractivity contribution in [3.8, 4) is 11.1 Å². The van der Waals surface area contributed by atoms with Crippen LogP contribution < -0.4 is 4.72 Å².